The number of hydrogen-bond acceptors (Lipinski definition) is 5. The highest BCUT2D eigenvalue weighted by Crippen LogP contribution is 2.28. The highest BCUT2D eigenvalue weighted by Gasteiger charge is 2.17. The summed E-state index contributed by atoms with van der Waals surface area (Å²) in [5.41, 5.74) is 7.06. The number of hydrogen-bond donors (Lipinski definition) is 2. The molecule has 0 aromatic carbocycles. The number of nitrogen functional groups attached to an aromatic ring is 1. The van der Waals surface area contributed by atoms with Crippen molar-refractivity contribution in [2.75, 3.05) is 35.6 Å². The van der Waals surface area contributed by atoms with Crippen molar-refractivity contribution in [2.24, 2.45) is 0 Å². The summed E-state index contributed by atoms with van der Waals surface area (Å²) in [6, 6.07) is 0. The van der Waals surface area contributed by atoms with Crippen molar-refractivity contribution in [3.8, 4) is 0 Å². The molecule has 1 aliphatic rings. The summed E-state index contributed by atoms with van der Waals surface area (Å²) in [5.74, 6) is 1.72. The minimum absolute atomic E-state index is 0.713. The predicted molar refractivity (Wildman–Crippen MR) is 131 cm³/mol. The lowest BCUT2D eigenvalue weighted by Gasteiger charge is -2.28. The SMILES string of the molecule is CCCCCCCCCCCCCCCCNc1ncnc(N2CCCCC2)c1N. The molecule has 5 nitrogen and oxygen atoms in total. The number of rotatable bonds is 17. The fraction of sp³-hybridized carbons (Fsp3) is 0.840. The molecule has 0 atom stereocenters. The van der Waals surface area contributed by atoms with Gasteiger partial charge in [-0.05, 0) is 25.7 Å². The molecule has 172 valence electrons. The van der Waals surface area contributed by atoms with Crippen LogP contribution in [0, 0.1) is 0 Å². The Morgan fingerprint density at radius 1 is 0.767 bits per heavy atom. The Kier molecular flexibility index (Phi) is 13.4. The number of nitrogens with one attached hydrogen (secondary N) is 1. The monoisotopic (exact) mass is 417 g/mol. The molecule has 1 aromatic heterocycles. The lowest BCUT2D eigenvalue weighted by Crippen LogP contribution is -2.31. The fourth-order valence-corrected chi connectivity index (χ4v) is 4.41. The first-order chi connectivity index (χ1) is 14.8. The first kappa shape index (κ1) is 24.7. The molecule has 0 spiro atoms. The predicted octanol–water partition coefficient (Wildman–Crippen LogP) is 6.94. The van der Waals surface area contributed by atoms with Crippen molar-refractivity contribution in [3.63, 3.8) is 0 Å². The van der Waals surface area contributed by atoms with Gasteiger partial charge in [-0.1, -0.05) is 90.4 Å². The minimum Gasteiger partial charge on any atom is -0.393 e. The maximum Gasteiger partial charge on any atom is 0.157 e. The number of nitrogens with two attached hydrogens (primary N) is 1. The van der Waals surface area contributed by atoms with Gasteiger partial charge in [-0.15, -0.1) is 0 Å². The Bertz CT molecular complexity index is 542. The number of aromatic nitrogens is 2. The zero-order valence-corrected chi connectivity index (χ0v) is 19.6. The number of unbranched alkanes of at least 4 members (excludes halogenated alkanes) is 13. The summed E-state index contributed by atoms with van der Waals surface area (Å²) in [6.07, 6.45) is 24.9. The van der Waals surface area contributed by atoms with E-state index in [0.717, 1.165) is 31.3 Å². The highest BCUT2D eigenvalue weighted by atomic mass is 15.2. The third-order valence-electron chi connectivity index (χ3n) is 6.34. The molecule has 0 radical (unpaired) electrons. The van der Waals surface area contributed by atoms with Gasteiger partial charge in [0.15, 0.2) is 11.6 Å². The summed E-state index contributed by atoms with van der Waals surface area (Å²) in [7, 11) is 0. The van der Waals surface area contributed by atoms with Gasteiger partial charge < -0.3 is 16.0 Å². The molecule has 5 heteroatoms. The molecular formula is C25H47N5. The first-order valence-corrected chi connectivity index (χ1v) is 12.9. The maximum absolute atomic E-state index is 6.35. The van der Waals surface area contributed by atoms with Crippen LogP contribution in [0.1, 0.15) is 116 Å². The second-order valence-corrected chi connectivity index (χ2v) is 9.03. The van der Waals surface area contributed by atoms with Crippen LogP contribution < -0.4 is 16.0 Å². The molecule has 1 aliphatic heterocycles. The normalized spacial score (nSPS) is 14.2. The van der Waals surface area contributed by atoms with Gasteiger partial charge >= 0.3 is 0 Å². The van der Waals surface area contributed by atoms with Gasteiger partial charge in [-0.2, -0.15) is 0 Å². The third-order valence-corrected chi connectivity index (χ3v) is 6.34. The molecule has 2 rings (SSSR count). The number of piperidine rings is 1. The van der Waals surface area contributed by atoms with E-state index in [-0.39, 0.29) is 0 Å². The summed E-state index contributed by atoms with van der Waals surface area (Å²) < 4.78 is 0. The topological polar surface area (TPSA) is 67.1 Å². The smallest absolute Gasteiger partial charge is 0.157 e. The van der Waals surface area contributed by atoms with Gasteiger partial charge in [0.1, 0.15) is 12.0 Å². The van der Waals surface area contributed by atoms with Crippen LogP contribution in [0.4, 0.5) is 17.3 Å². The molecular weight excluding hydrogens is 370 g/mol. The molecule has 1 saturated heterocycles. The van der Waals surface area contributed by atoms with Crippen molar-refractivity contribution in [2.45, 2.75) is 116 Å². The molecule has 0 aliphatic carbocycles. The molecule has 1 fully saturated rings. The highest BCUT2D eigenvalue weighted by molar-refractivity contribution is 5.74. The molecule has 2 heterocycles. The Balaban J connectivity index is 1.45. The van der Waals surface area contributed by atoms with E-state index < -0.39 is 0 Å². The average Bonchev–Trinajstić information content (AvgIpc) is 2.78. The second-order valence-electron chi connectivity index (χ2n) is 9.03. The Morgan fingerprint density at radius 3 is 1.87 bits per heavy atom. The van der Waals surface area contributed by atoms with E-state index in [1.165, 1.54) is 109 Å². The second kappa shape index (κ2) is 16.2. The summed E-state index contributed by atoms with van der Waals surface area (Å²) in [4.78, 5) is 11.1. The van der Waals surface area contributed by atoms with Gasteiger partial charge in [0, 0.05) is 19.6 Å². The van der Waals surface area contributed by atoms with Crippen LogP contribution in [-0.2, 0) is 0 Å². The minimum atomic E-state index is 0.713. The lowest BCUT2D eigenvalue weighted by atomic mass is 10.0. The van der Waals surface area contributed by atoms with E-state index in [1.54, 1.807) is 6.33 Å². The zero-order valence-electron chi connectivity index (χ0n) is 19.6. The Morgan fingerprint density at radius 2 is 1.30 bits per heavy atom. The van der Waals surface area contributed by atoms with Crippen molar-refractivity contribution in [3.05, 3.63) is 6.33 Å². The van der Waals surface area contributed by atoms with E-state index >= 15 is 0 Å². The van der Waals surface area contributed by atoms with Gasteiger partial charge in [0.2, 0.25) is 0 Å². The lowest BCUT2D eigenvalue weighted by molar-refractivity contribution is 0.537. The van der Waals surface area contributed by atoms with Crippen LogP contribution in [-0.4, -0.2) is 29.6 Å². The van der Waals surface area contributed by atoms with Crippen LogP contribution in [0.5, 0.6) is 0 Å². The summed E-state index contributed by atoms with van der Waals surface area (Å²) in [5, 5.41) is 3.43. The maximum atomic E-state index is 6.35. The molecule has 0 bridgehead atoms. The average molecular weight is 418 g/mol. The zero-order chi connectivity index (χ0) is 21.3. The first-order valence-electron chi connectivity index (χ1n) is 12.9. The Labute approximate surface area is 185 Å². The largest absolute Gasteiger partial charge is 0.393 e. The van der Waals surface area contributed by atoms with Crippen LogP contribution in [0.2, 0.25) is 0 Å². The van der Waals surface area contributed by atoms with Crippen molar-refractivity contribution in [1.29, 1.82) is 0 Å². The van der Waals surface area contributed by atoms with Crippen molar-refractivity contribution >= 4 is 17.3 Å². The van der Waals surface area contributed by atoms with E-state index in [0.29, 0.717) is 5.69 Å². The van der Waals surface area contributed by atoms with E-state index in [1.807, 2.05) is 0 Å². The van der Waals surface area contributed by atoms with E-state index in [9.17, 15) is 0 Å². The van der Waals surface area contributed by atoms with Crippen molar-refractivity contribution in [1.82, 2.24) is 9.97 Å². The quantitative estimate of drug-likeness (QED) is 0.269. The number of anilines is 3. The van der Waals surface area contributed by atoms with Gasteiger partial charge in [-0.3, -0.25) is 0 Å². The van der Waals surface area contributed by atoms with Crippen LogP contribution in [0.15, 0.2) is 6.33 Å². The summed E-state index contributed by atoms with van der Waals surface area (Å²) in [6.45, 7) is 5.34. The molecule has 1 aromatic rings. The van der Waals surface area contributed by atoms with E-state index in [2.05, 4.69) is 27.1 Å². The summed E-state index contributed by atoms with van der Waals surface area (Å²) >= 11 is 0. The molecule has 0 amide bonds. The van der Waals surface area contributed by atoms with Crippen LogP contribution in [0.3, 0.4) is 0 Å². The number of nitrogens with zero attached hydrogens (tertiary/aromatic N) is 3. The van der Waals surface area contributed by atoms with Gasteiger partial charge in [-0.25, -0.2) is 9.97 Å². The van der Waals surface area contributed by atoms with Gasteiger partial charge in [0.05, 0.1) is 0 Å². The molecule has 0 unspecified atom stereocenters. The standard InChI is InChI=1S/C25H47N5/c1-2-3-4-5-6-7-8-9-10-11-12-13-14-16-19-27-24-23(26)25(29-22-28-24)30-20-17-15-18-21-30/h22H,2-21,26H2,1H3,(H,27,28,29). The Hall–Kier alpha value is -1.52. The van der Waals surface area contributed by atoms with E-state index in [4.69, 9.17) is 5.73 Å². The van der Waals surface area contributed by atoms with Crippen LogP contribution >= 0.6 is 0 Å². The fourth-order valence-electron chi connectivity index (χ4n) is 4.41. The van der Waals surface area contributed by atoms with Crippen LogP contribution in [0.25, 0.3) is 0 Å². The molecule has 3 N–H and O–H groups in total. The molecule has 0 saturated carbocycles. The van der Waals surface area contributed by atoms with Gasteiger partial charge in [0.25, 0.3) is 0 Å². The third kappa shape index (κ3) is 9.99. The van der Waals surface area contributed by atoms with Crippen molar-refractivity contribution < 1.29 is 0 Å². The molecule has 30 heavy (non-hydrogen) atoms.